The van der Waals surface area contributed by atoms with E-state index in [0.717, 1.165) is 12.2 Å². The zero-order chi connectivity index (χ0) is 13.2. The fourth-order valence-corrected chi connectivity index (χ4v) is 2.73. The molecule has 0 aliphatic carbocycles. The van der Waals surface area contributed by atoms with E-state index in [1.165, 1.54) is 30.4 Å². The zero-order valence-corrected chi connectivity index (χ0v) is 12.0. The monoisotopic (exact) mass is 247 g/mol. The van der Waals surface area contributed by atoms with E-state index < -0.39 is 0 Å². The van der Waals surface area contributed by atoms with Crippen molar-refractivity contribution in [2.45, 2.75) is 58.1 Å². The number of ether oxygens (including phenoxy) is 1. The first-order valence-corrected chi connectivity index (χ1v) is 7.05. The van der Waals surface area contributed by atoms with Crippen LogP contribution in [0.5, 0.6) is 5.75 Å². The summed E-state index contributed by atoms with van der Waals surface area (Å²) in [4.78, 5) is 0. The van der Waals surface area contributed by atoms with Gasteiger partial charge in [-0.15, -0.1) is 0 Å². The molecule has 0 amide bonds. The Morgan fingerprint density at radius 2 is 2.17 bits per heavy atom. The van der Waals surface area contributed by atoms with Crippen molar-refractivity contribution in [1.82, 2.24) is 5.32 Å². The van der Waals surface area contributed by atoms with Crippen LogP contribution < -0.4 is 10.1 Å². The maximum absolute atomic E-state index is 5.92. The van der Waals surface area contributed by atoms with Gasteiger partial charge < -0.3 is 10.1 Å². The lowest BCUT2D eigenvalue weighted by Gasteiger charge is -2.17. The van der Waals surface area contributed by atoms with Gasteiger partial charge in [0.2, 0.25) is 0 Å². The molecule has 1 unspecified atom stereocenters. The highest BCUT2D eigenvalue weighted by molar-refractivity contribution is 5.42. The molecule has 2 heteroatoms. The molecule has 0 aromatic heterocycles. The molecular formula is C16H25NO. The second-order valence-electron chi connectivity index (χ2n) is 5.89. The number of fused-ring (bicyclic) bond motifs is 1. The predicted molar refractivity (Wildman–Crippen MR) is 76.2 cm³/mol. The second kappa shape index (κ2) is 5.31. The van der Waals surface area contributed by atoms with Crippen LogP contribution >= 0.6 is 0 Å². The van der Waals surface area contributed by atoms with E-state index in [0.29, 0.717) is 6.04 Å². The Balaban J connectivity index is 2.16. The van der Waals surface area contributed by atoms with E-state index in [2.05, 4.69) is 44.3 Å². The molecule has 1 atom stereocenters. The fraction of sp³-hybridized carbons (Fsp3) is 0.625. The molecule has 1 aliphatic heterocycles. The lowest BCUT2D eigenvalue weighted by Crippen LogP contribution is -2.24. The highest BCUT2D eigenvalue weighted by Gasteiger charge is 2.30. The summed E-state index contributed by atoms with van der Waals surface area (Å²) >= 11 is 0. The molecule has 0 fully saturated rings. The normalized spacial score (nSPS) is 18.2. The van der Waals surface area contributed by atoms with Crippen LogP contribution in [0.2, 0.25) is 0 Å². The van der Waals surface area contributed by atoms with Crippen molar-refractivity contribution in [2.24, 2.45) is 0 Å². The Hall–Kier alpha value is -1.02. The van der Waals surface area contributed by atoms with E-state index in [1.54, 1.807) is 0 Å². The third-order valence-electron chi connectivity index (χ3n) is 3.68. The average Bonchev–Trinajstić information content (AvgIpc) is 2.63. The molecule has 18 heavy (non-hydrogen) atoms. The van der Waals surface area contributed by atoms with Gasteiger partial charge >= 0.3 is 0 Å². The van der Waals surface area contributed by atoms with Crippen LogP contribution in [0.1, 0.15) is 57.2 Å². The molecule has 0 bridgehead atoms. The van der Waals surface area contributed by atoms with E-state index >= 15 is 0 Å². The number of benzene rings is 1. The van der Waals surface area contributed by atoms with E-state index in [9.17, 15) is 0 Å². The maximum atomic E-state index is 5.92. The minimum absolute atomic E-state index is 0.0421. The Morgan fingerprint density at radius 1 is 1.39 bits per heavy atom. The Labute approximate surface area is 111 Å². The summed E-state index contributed by atoms with van der Waals surface area (Å²) in [7, 11) is 2.05. The standard InChI is InChI=1S/C16H25NO/c1-5-6-7-14(17-4)12-8-9-15-13(10-12)11-16(2,3)18-15/h8-10,14,17H,5-7,11H2,1-4H3. The number of hydrogen-bond acceptors (Lipinski definition) is 2. The summed E-state index contributed by atoms with van der Waals surface area (Å²) in [5.41, 5.74) is 2.71. The molecule has 1 heterocycles. The van der Waals surface area contributed by atoms with Crippen LogP contribution in [0.15, 0.2) is 18.2 Å². The molecule has 0 saturated carbocycles. The molecular weight excluding hydrogens is 222 g/mol. The summed E-state index contributed by atoms with van der Waals surface area (Å²) in [6, 6.07) is 7.13. The molecule has 1 aromatic carbocycles. The topological polar surface area (TPSA) is 21.3 Å². The molecule has 0 spiro atoms. The molecule has 1 aromatic rings. The minimum atomic E-state index is -0.0421. The SMILES string of the molecule is CCCCC(NC)c1ccc2c(c1)CC(C)(C)O2. The third-order valence-corrected chi connectivity index (χ3v) is 3.68. The second-order valence-corrected chi connectivity index (χ2v) is 5.89. The summed E-state index contributed by atoms with van der Waals surface area (Å²) in [5.74, 6) is 1.06. The van der Waals surface area contributed by atoms with Crippen molar-refractivity contribution < 1.29 is 4.74 Å². The fourth-order valence-electron chi connectivity index (χ4n) is 2.73. The van der Waals surface area contributed by atoms with Gasteiger partial charge in [-0.1, -0.05) is 31.9 Å². The lowest BCUT2D eigenvalue weighted by molar-refractivity contribution is 0.138. The summed E-state index contributed by atoms with van der Waals surface area (Å²) in [6.07, 6.45) is 4.74. The van der Waals surface area contributed by atoms with Crippen molar-refractivity contribution in [1.29, 1.82) is 0 Å². The van der Waals surface area contributed by atoms with Crippen molar-refractivity contribution >= 4 is 0 Å². The summed E-state index contributed by atoms with van der Waals surface area (Å²) in [6.45, 7) is 6.55. The Bertz CT molecular complexity index is 412. The van der Waals surface area contributed by atoms with Crippen molar-refractivity contribution in [2.75, 3.05) is 7.05 Å². The molecule has 2 rings (SSSR count). The van der Waals surface area contributed by atoms with Crippen LogP contribution in [-0.4, -0.2) is 12.6 Å². The molecule has 1 aliphatic rings. The van der Waals surface area contributed by atoms with Gasteiger partial charge in [-0.2, -0.15) is 0 Å². The van der Waals surface area contributed by atoms with E-state index in [1.807, 2.05) is 7.05 Å². The van der Waals surface area contributed by atoms with Gasteiger partial charge in [0.1, 0.15) is 11.4 Å². The summed E-state index contributed by atoms with van der Waals surface area (Å²) in [5, 5.41) is 3.42. The van der Waals surface area contributed by atoms with Gasteiger partial charge in [0, 0.05) is 12.5 Å². The van der Waals surface area contributed by atoms with Gasteiger partial charge in [-0.3, -0.25) is 0 Å². The molecule has 2 nitrogen and oxygen atoms in total. The van der Waals surface area contributed by atoms with Crippen molar-refractivity contribution in [3.63, 3.8) is 0 Å². The van der Waals surface area contributed by atoms with Crippen molar-refractivity contribution in [3.8, 4) is 5.75 Å². The van der Waals surface area contributed by atoms with Crippen LogP contribution in [0.4, 0.5) is 0 Å². The van der Waals surface area contributed by atoms with Gasteiger partial charge in [0.15, 0.2) is 0 Å². The molecule has 100 valence electrons. The highest BCUT2D eigenvalue weighted by Crippen LogP contribution is 2.36. The number of hydrogen-bond donors (Lipinski definition) is 1. The highest BCUT2D eigenvalue weighted by atomic mass is 16.5. The quantitative estimate of drug-likeness (QED) is 0.853. The van der Waals surface area contributed by atoms with E-state index in [-0.39, 0.29) is 5.60 Å². The van der Waals surface area contributed by atoms with E-state index in [4.69, 9.17) is 4.74 Å². The van der Waals surface area contributed by atoms with Crippen LogP contribution in [-0.2, 0) is 6.42 Å². The predicted octanol–water partition coefficient (Wildman–Crippen LogP) is 3.85. The largest absolute Gasteiger partial charge is 0.487 e. The molecule has 0 radical (unpaired) electrons. The average molecular weight is 247 g/mol. The minimum Gasteiger partial charge on any atom is -0.487 e. The van der Waals surface area contributed by atoms with Crippen molar-refractivity contribution in [3.05, 3.63) is 29.3 Å². The maximum Gasteiger partial charge on any atom is 0.123 e. The number of unbranched alkanes of at least 4 members (excludes halogenated alkanes) is 1. The van der Waals surface area contributed by atoms with Gasteiger partial charge in [-0.25, -0.2) is 0 Å². The van der Waals surface area contributed by atoms with Crippen LogP contribution in [0.3, 0.4) is 0 Å². The number of rotatable bonds is 5. The first-order chi connectivity index (χ1) is 8.55. The van der Waals surface area contributed by atoms with Gasteiger partial charge in [-0.05, 0) is 44.5 Å². The van der Waals surface area contributed by atoms with Crippen LogP contribution in [0.25, 0.3) is 0 Å². The Morgan fingerprint density at radius 3 is 2.83 bits per heavy atom. The summed E-state index contributed by atoms with van der Waals surface area (Å²) < 4.78 is 5.92. The lowest BCUT2D eigenvalue weighted by atomic mass is 9.96. The van der Waals surface area contributed by atoms with Gasteiger partial charge in [0.05, 0.1) is 0 Å². The van der Waals surface area contributed by atoms with Gasteiger partial charge in [0.25, 0.3) is 0 Å². The third kappa shape index (κ3) is 2.86. The Kier molecular flexibility index (Phi) is 3.96. The van der Waals surface area contributed by atoms with Crippen LogP contribution in [0, 0.1) is 0 Å². The zero-order valence-electron chi connectivity index (χ0n) is 12.0. The molecule has 0 saturated heterocycles. The number of nitrogens with one attached hydrogen (secondary N) is 1. The first-order valence-electron chi connectivity index (χ1n) is 7.05. The first kappa shape index (κ1) is 13.4. The smallest absolute Gasteiger partial charge is 0.123 e. The molecule has 1 N–H and O–H groups in total.